The maximum absolute atomic E-state index is 13.8. The van der Waals surface area contributed by atoms with Crippen LogP contribution in [0.5, 0.6) is 0 Å². The molecule has 0 fully saturated rings. The van der Waals surface area contributed by atoms with Crippen LogP contribution in [-0.4, -0.2) is 35.3 Å². The van der Waals surface area contributed by atoms with Crippen molar-refractivity contribution in [1.29, 1.82) is 0 Å². The molecule has 0 bridgehead atoms. The van der Waals surface area contributed by atoms with Crippen LogP contribution in [0.2, 0.25) is 0 Å². The predicted octanol–water partition coefficient (Wildman–Crippen LogP) is 3.29. The molecule has 25 heavy (non-hydrogen) atoms. The van der Waals surface area contributed by atoms with E-state index in [0.29, 0.717) is 17.6 Å². The average molecular weight is 343 g/mol. The summed E-state index contributed by atoms with van der Waals surface area (Å²) in [5, 5.41) is 4.89. The number of aromatic nitrogens is 2. The summed E-state index contributed by atoms with van der Waals surface area (Å²) >= 11 is 0. The summed E-state index contributed by atoms with van der Waals surface area (Å²) in [5.74, 6) is -2.02. The van der Waals surface area contributed by atoms with Crippen LogP contribution in [-0.2, 0) is 6.54 Å². The zero-order valence-electron chi connectivity index (χ0n) is 14.2. The highest BCUT2D eigenvalue weighted by Gasteiger charge is 2.15. The van der Waals surface area contributed by atoms with E-state index in [2.05, 4.69) is 5.10 Å². The molecule has 2 aromatic carbocycles. The molecular weight excluding hydrogens is 324 g/mol. The van der Waals surface area contributed by atoms with E-state index in [1.807, 2.05) is 49.3 Å². The van der Waals surface area contributed by atoms with Crippen molar-refractivity contribution in [1.82, 2.24) is 14.7 Å². The third kappa shape index (κ3) is 3.58. The van der Waals surface area contributed by atoms with Crippen molar-refractivity contribution in [2.45, 2.75) is 13.0 Å². The zero-order valence-corrected chi connectivity index (χ0v) is 14.2. The monoisotopic (exact) mass is 343 g/mol. The molecular formula is C19H19F2N3O. The molecule has 3 rings (SSSR count). The van der Waals surface area contributed by atoms with Crippen LogP contribution in [0.3, 0.4) is 0 Å². The van der Waals surface area contributed by atoms with E-state index in [1.165, 1.54) is 4.68 Å². The first-order valence-corrected chi connectivity index (χ1v) is 8.07. The highest BCUT2D eigenvalue weighted by Crippen LogP contribution is 2.26. The number of hydrogen-bond donors (Lipinski definition) is 0. The van der Waals surface area contributed by atoms with Crippen molar-refractivity contribution in [3.8, 4) is 11.3 Å². The Morgan fingerprint density at radius 1 is 1.04 bits per heavy atom. The molecule has 0 aliphatic rings. The lowest BCUT2D eigenvalue weighted by Crippen LogP contribution is -2.26. The number of aryl methyl sites for hydroxylation is 1. The largest absolute Gasteiger partial charge is 0.309 e. The zero-order chi connectivity index (χ0) is 18.0. The molecule has 130 valence electrons. The van der Waals surface area contributed by atoms with Crippen LogP contribution < -0.4 is 5.56 Å². The van der Waals surface area contributed by atoms with Gasteiger partial charge in [0.05, 0.1) is 11.1 Å². The van der Waals surface area contributed by atoms with Crippen LogP contribution in [0.4, 0.5) is 8.78 Å². The first-order valence-electron chi connectivity index (χ1n) is 8.07. The van der Waals surface area contributed by atoms with Gasteiger partial charge in [-0.3, -0.25) is 4.79 Å². The van der Waals surface area contributed by atoms with Gasteiger partial charge in [-0.2, -0.15) is 5.10 Å². The molecule has 0 radical (unpaired) electrons. The maximum Gasteiger partial charge on any atom is 0.274 e. The van der Waals surface area contributed by atoms with Gasteiger partial charge in [0.2, 0.25) is 0 Å². The highest BCUT2D eigenvalue weighted by molar-refractivity contribution is 5.93. The molecule has 0 aliphatic carbocycles. The predicted molar refractivity (Wildman–Crippen MR) is 94.5 cm³/mol. The van der Waals surface area contributed by atoms with Crippen molar-refractivity contribution in [2.75, 3.05) is 20.6 Å². The lowest BCUT2D eigenvalue weighted by molar-refractivity contribution is 0.378. The van der Waals surface area contributed by atoms with E-state index in [9.17, 15) is 13.6 Å². The Kier molecular flexibility index (Phi) is 4.90. The van der Waals surface area contributed by atoms with Gasteiger partial charge < -0.3 is 4.90 Å². The van der Waals surface area contributed by atoms with Gasteiger partial charge in [-0.25, -0.2) is 13.5 Å². The molecule has 0 N–H and O–H groups in total. The first-order chi connectivity index (χ1) is 12.0. The lowest BCUT2D eigenvalue weighted by atomic mass is 10.0. The third-order valence-electron chi connectivity index (χ3n) is 4.02. The molecule has 0 amide bonds. The molecule has 0 aliphatic heterocycles. The lowest BCUT2D eigenvalue weighted by Gasteiger charge is -2.13. The van der Waals surface area contributed by atoms with Crippen molar-refractivity contribution < 1.29 is 8.78 Å². The Labute approximate surface area is 144 Å². The second kappa shape index (κ2) is 7.11. The van der Waals surface area contributed by atoms with Gasteiger partial charge in [0.25, 0.3) is 5.56 Å². The summed E-state index contributed by atoms with van der Waals surface area (Å²) < 4.78 is 28.8. The van der Waals surface area contributed by atoms with Gasteiger partial charge in [0, 0.05) is 17.5 Å². The van der Waals surface area contributed by atoms with Crippen molar-refractivity contribution in [3.05, 3.63) is 64.5 Å². The van der Waals surface area contributed by atoms with Gasteiger partial charge in [-0.15, -0.1) is 0 Å². The normalized spacial score (nSPS) is 11.4. The number of halogens is 2. The summed E-state index contributed by atoms with van der Waals surface area (Å²) in [6, 6.07) is 11.2. The van der Waals surface area contributed by atoms with Crippen LogP contribution in [0, 0.1) is 11.6 Å². The smallest absolute Gasteiger partial charge is 0.274 e. The first kappa shape index (κ1) is 17.2. The van der Waals surface area contributed by atoms with E-state index in [-0.39, 0.29) is 5.39 Å². The minimum Gasteiger partial charge on any atom is -0.309 e. The minimum absolute atomic E-state index is 0.137. The average Bonchev–Trinajstić information content (AvgIpc) is 2.59. The number of hydrogen-bond acceptors (Lipinski definition) is 3. The Morgan fingerprint density at radius 2 is 1.68 bits per heavy atom. The fraction of sp³-hybridized carbons (Fsp3) is 0.263. The van der Waals surface area contributed by atoms with E-state index in [4.69, 9.17) is 0 Å². The SMILES string of the molecule is CN(C)CCCn1nc(-c2ccccc2)c2cc(F)c(F)cc2c1=O. The Morgan fingerprint density at radius 3 is 2.32 bits per heavy atom. The second-order valence-corrected chi connectivity index (χ2v) is 6.21. The van der Waals surface area contributed by atoms with E-state index >= 15 is 0 Å². The molecule has 6 heteroatoms. The van der Waals surface area contributed by atoms with Crippen LogP contribution >= 0.6 is 0 Å². The van der Waals surface area contributed by atoms with Crippen LogP contribution in [0.25, 0.3) is 22.0 Å². The van der Waals surface area contributed by atoms with E-state index < -0.39 is 17.2 Å². The molecule has 0 spiro atoms. The summed E-state index contributed by atoms with van der Waals surface area (Å²) in [4.78, 5) is 14.7. The standard InChI is InChI=1S/C19H19F2N3O/c1-23(2)9-6-10-24-19(25)15-12-17(21)16(20)11-14(15)18(22-24)13-7-4-3-5-8-13/h3-5,7-8,11-12H,6,9-10H2,1-2H3. The minimum atomic E-state index is -1.03. The molecule has 3 aromatic rings. The summed E-state index contributed by atoms with van der Waals surface area (Å²) in [6.45, 7) is 1.20. The Balaban J connectivity index is 2.20. The Hall–Kier alpha value is -2.60. The topological polar surface area (TPSA) is 38.1 Å². The fourth-order valence-corrected chi connectivity index (χ4v) is 2.78. The van der Waals surface area contributed by atoms with Gasteiger partial charge in [-0.1, -0.05) is 30.3 Å². The second-order valence-electron chi connectivity index (χ2n) is 6.21. The fourth-order valence-electron chi connectivity index (χ4n) is 2.78. The van der Waals surface area contributed by atoms with E-state index in [1.54, 1.807) is 0 Å². The summed E-state index contributed by atoms with van der Waals surface area (Å²) in [5.41, 5.74) is 0.811. The van der Waals surface area contributed by atoms with Gasteiger partial charge >= 0.3 is 0 Å². The summed E-state index contributed by atoms with van der Waals surface area (Å²) in [7, 11) is 3.90. The van der Waals surface area contributed by atoms with Crippen LogP contribution in [0.1, 0.15) is 6.42 Å². The third-order valence-corrected chi connectivity index (χ3v) is 4.02. The summed E-state index contributed by atoms with van der Waals surface area (Å²) in [6.07, 6.45) is 0.726. The van der Waals surface area contributed by atoms with Crippen molar-refractivity contribution >= 4 is 10.8 Å². The molecule has 1 heterocycles. The maximum atomic E-state index is 13.8. The molecule has 1 aromatic heterocycles. The molecule has 0 saturated heterocycles. The van der Waals surface area contributed by atoms with Gasteiger partial charge in [0.15, 0.2) is 11.6 Å². The molecule has 0 atom stereocenters. The highest BCUT2D eigenvalue weighted by atomic mass is 19.2. The number of rotatable bonds is 5. The number of nitrogens with zero attached hydrogens (tertiary/aromatic N) is 3. The van der Waals surface area contributed by atoms with Crippen molar-refractivity contribution in [3.63, 3.8) is 0 Å². The molecule has 0 saturated carbocycles. The van der Waals surface area contributed by atoms with Crippen LogP contribution in [0.15, 0.2) is 47.3 Å². The molecule has 0 unspecified atom stereocenters. The number of benzene rings is 2. The Bertz CT molecular complexity index is 952. The van der Waals surface area contributed by atoms with Crippen molar-refractivity contribution in [2.24, 2.45) is 0 Å². The molecule has 4 nitrogen and oxygen atoms in total. The van der Waals surface area contributed by atoms with Gasteiger partial charge in [0.1, 0.15) is 0 Å². The quantitative estimate of drug-likeness (QED) is 0.713. The van der Waals surface area contributed by atoms with Gasteiger partial charge in [-0.05, 0) is 39.2 Å². The number of fused-ring (bicyclic) bond motifs is 1. The van der Waals surface area contributed by atoms with E-state index in [0.717, 1.165) is 30.7 Å².